The summed E-state index contributed by atoms with van der Waals surface area (Å²) in [5.41, 5.74) is -0.361. The quantitative estimate of drug-likeness (QED) is 0.696. The highest BCUT2D eigenvalue weighted by atomic mass is 19.0. The average molecular weight is 366 g/mol. The van der Waals surface area contributed by atoms with Gasteiger partial charge in [-0.05, 0) is 19.4 Å². The van der Waals surface area contributed by atoms with E-state index in [2.05, 4.69) is 0 Å². The van der Waals surface area contributed by atoms with Crippen LogP contribution in [0.2, 0.25) is 0 Å². The molecule has 0 amide bonds. The monoisotopic (exact) mass is 366 g/mol. The third-order valence-electron chi connectivity index (χ3n) is 3.13. The molecule has 0 aliphatic heterocycles. The fourth-order valence-electron chi connectivity index (χ4n) is 2.00. The minimum absolute atomic E-state index is 0. The Morgan fingerprint density at radius 3 is 2.23 bits per heavy atom. The van der Waals surface area contributed by atoms with E-state index in [1.165, 1.54) is 0 Å². The first kappa shape index (κ1) is 20.9. The predicted molar refractivity (Wildman–Crippen MR) is 90.2 cm³/mol. The van der Waals surface area contributed by atoms with Gasteiger partial charge >= 0.3 is 11.9 Å². The van der Waals surface area contributed by atoms with Gasteiger partial charge in [0, 0.05) is 0 Å². The lowest BCUT2D eigenvalue weighted by Gasteiger charge is -2.10. The number of benzene rings is 1. The van der Waals surface area contributed by atoms with Crippen LogP contribution in [0.25, 0.3) is 0 Å². The topological polar surface area (TPSA) is 92.0 Å². The highest BCUT2D eigenvalue weighted by Crippen LogP contribution is 2.18. The molecular formula is C18H19FO7. The molecule has 1 heterocycles. The summed E-state index contributed by atoms with van der Waals surface area (Å²) in [5.74, 6) is -2.47. The van der Waals surface area contributed by atoms with E-state index in [0.29, 0.717) is 0 Å². The van der Waals surface area contributed by atoms with Crippen LogP contribution >= 0.6 is 0 Å². The van der Waals surface area contributed by atoms with Crippen LogP contribution in [-0.4, -0.2) is 25.2 Å². The van der Waals surface area contributed by atoms with Crippen LogP contribution in [0.5, 0.6) is 5.75 Å². The summed E-state index contributed by atoms with van der Waals surface area (Å²) >= 11 is 0. The Morgan fingerprint density at radius 1 is 1.00 bits per heavy atom. The third-order valence-corrected chi connectivity index (χ3v) is 3.13. The van der Waals surface area contributed by atoms with Gasteiger partial charge in [-0.3, -0.25) is 9.50 Å². The summed E-state index contributed by atoms with van der Waals surface area (Å²) in [7, 11) is 0. The van der Waals surface area contributed by atoms with E-state index < -0.39 is 23.1 Å². The van der Waals surface area contributed by atoms with E-state index in [4.69, 9.17) is 18.6 Å². The number of halogens is 1. The smallest absolute Gasteiger partial charge is 0.378 e. The molecule has 8 heteroatoms. The first-order valence-corrected chi connectivity index (χ1v) is 7.75. The van der Waals surface area contributed by atoms with Crippen molar-refractivity contribution in [2.24, 2.45) is 0 Å². The zero-order chi connectivity index (χ0) is 18.2. The molecule has 140 valence electrons. The highest BCUT2D eigenvalue weighted by Gasteiger charge is 2.26. The number of rotatable bonds is 7. The van der Waals surface area contributed by atoms with Gasteiger partial charge in [-0.25, -0.2) is 9.59 Å². The Morgan fingerprint density at radius 2 is 1.62 bits per heavy atom. The average Bonchev–Trinajstić information content (AvgIpc) is 2.61. The number of carbonyl (C=O) groups is 2. The molecule has 0 spiro atoms. The molecule has 0 atom stereocenters. The summed E-state index contributed by atoms with van der Waals surface area (Å²) in [6.45, 7) is 3.44. The van der Waals surface area contributed by atoms with Gasteiger partial charge in [-0.15, -0.1) is 0 Å². The molecular weight excluding hydrogens is 347 g/mol. The van der Waals surface area contributed by atoms with Gasteiger partial charge in [0.25, 0.3) is 5.76 Å². The van der Waals surface area contributed by atoms with Crippen molar-refractivity contribution in [3.8, 4) is 5.75 Å². The number of hydrogen-bond acceptors (Lipinski definition) is 7. The van der Waals surface area contributed by atoms with Gasteiger partial charge in [0.05, 0.1) is 13.2 Å². The first-order chi connectivity index (χ1) is 12.1. The number of hydrogen-bond donors (Lipinski definition) is 0. The Kier molecular flexibility index (Phi) is 8.01. The summed E-state index contributed by atoms with van der Waals surface area (Å²) in [6.07, 6.45) is 0.877. The SMILES string of the molecule is CCOC(=O)c1occ(C(=O)OCC)c(=O)c1OCc1ccccc1.F. The molecule has 0 fully saturated rings. The molecule has 26 heavy (non-hydrogen) atoms. The second-order valence-corrected chi connectivity index (χ2v) is 4.85. The minimum Gasteiger partial charge on any atom is -0.481 e. The molecule has 0 N–H and O–H groups in total. The summed E-state index contributed by atoms with van der Waals surface area (Å²) in [6, 6.07) is 9.04. The van der Waals surface area contributed by atoms with Gasteiger partial charge in [0.1, 0.15) is 18.4 Å². The molecule has 7 nitrogen and oxygen atoms in total. The van der Waals surface area contributed by atoms with Crippen LogP contribution in [0, 0.1) is 0 Å². The van der Waals surface area contributed by atoms with Crippen LogP contribution in [0.4, 0.5) is 4.70 Å². The van der Waals surface area contributed by atoms with Crippen molar-refractivity contribution in [1.82, 2.24) is 0 Å². The Hall–Kier alpha value is -3.16. The van der Waals surface area contributed by atoms with Crippen molar-refractivity contribution in [3.05, 3.63) is 63.7 Å². The van der Waals surface area contributed by atoms with Crippen LogP contribution in [0.3, 0.4) is 0 Å². The van der Waals surface area contributed by atoms with Crippen LogP contribution < -0.4 is 10.2 Å². The van der Waals surface area contributed by atoms with Crippen LogP contribution in [0.15, 0.2) is 45.8 Å². The van der Waals surface area contributed by atoms with Crippen molar-refractivity contribution >= 4 is 11.9 Å². The van der Waals surface area contributed by atoms with Crippen molar-refractivity contribution in [1.29, 1.82) is 0 Å². The zero-order valence-electron chi connectivity index (χ0n) is 14.4. The molecule has 2 aromatic rings. The van der Waals surface area contributed by atoms with Gasteiger partial charge < -0.3 is 18.6 Å². The number of ether oxygens (including phenoxy) is 3. The normalized spacial score (nSPS) is 9.77. The van der Waals surface area contributed by atoms with Crippen molar-refractivity contribution < 1.29 is 32.9 Å². The van der Waals surface area contributed by atoms with Crippen molar-refractivity contribution in [3.63, 3.8) is 0 Å². The maximum atomic E-state index is 12.5. The second-order valence-electron chi connectivity index (χ2n) is 4.85. The van der Waals surface area contributed by atoms with E-state index in [1.807, 2.05) is 18.2 Å². The largest absolute Gasteiger partial charge is 0.481 e. The van der Waals surface area contributed by atoms with E-state index in [9.17, 15) is 14.4 Å². The summed E-state index contributed by atoms with van der Waals surface area (Å²) in [4.78, 5) is 36.4. The van der Waals surface area contributed by atoms with Gasteiger partial charge in [0.15, 0.2) is 0 Å². The van der Waals surface area contributed by atoms with E-state index in [0.717, 1.165) is 11.8 Å². The molecule has 1 aromatic heterocycles. The number of esters is 2. The van der Waals surface area contributed by atoms with Crippen molar-refractivity contribution in [2.45, 2.75) is 20.5 Å². The second kappa shape index (κ2) is 9.97. The lowest BCUT2D eigenvalue weighted by molar-refractivity contribution is 0.0463. The fourth-order valence-corrected chi connectivity index (χ4v) is 2.00. The van der Waals surface area contributed by atoms with Crippen LogP contribution in [0.1, 0.15) is 40.3 Å². The van der Waals surface area contributed by atoms with Crippen molar-refractivity contribution in [2.75, 3.05) is 13.2 Å². The van der Waals surface area contributed by atoms with E-state index >= 15 is 0 Å². The van der Waals surface area contributed by atoms with Gasteiger partial charge in [0.2, 0.25) is 11.2 Å². The third kappa shape index (κ3) is 4.92. The van der Waals surface area contributed by atoms with Gasteiger partial charge in [-0.2, -0.15) is 0 Å². The van der Waals surface area contributed by atoms with E-state index in [1.54, 1.807) is 26.0 Å². The molecule has 1 aromatic carbocycles. The zero-order valence-corrected chi connectivity index (χ0v) is 14.4. The molecule has 0 unspecified atom stereocenters. The minimum atomic E-state index is -0.851. The Bertz CT molecular complexity index is 799. The lowest BCUT2D eigenvalue weighted by Crippen LogP contribution is -2.22. The standard InChI is InChI=1S/C18H18O7.FH/c1-3-22-17(20)13-11-25-16(18(21)23-4-2)15(14(13)19)24-10-12-8-6-5-7-9-12;/h5-9,11H,3-4,10H2,1-2H3;1H. The maximum absolute atomic E-state index is 12.5. The number of carbonyl (C=O) groups excluding carboxylic acids is 2. The Balaban J connectivity index is 0.00000338. The van der Waals surface area contributed by atoms with Crippen LogP contribution in [-0.2, 0) is 16.1 Å². The molecule has 0 saturated carbocycles. The predicted octanol–water partition coefficient (Wildman–Crippen LogP) is 2.72. The molecule has 0 radical (unpaired) electrons. The molecule has 0 aliphatic rings. The molecule has 0 aliphatic carbocycles. The molecule has 0 saturated heterocycles. The highest BCUT2D eigenvalue weighted by molar-refractivity contribution is 5.93. The van der Waals surface area contributed by atoms with Gasteiger partial charge in [-0.1, -0.05) is 30.3 Å². The van der Waals surface area contributed by atoms with E-state index in [-0.39, 0.29) is 35.8 Å². The first-order valence-electron chi connectivity index (χ1n) is 7.75. The lowest BCUT2D eigenvalue weighted by atomic mass is 10.2. The molecule has 0 bridgehead atoms. The Labute approximate surface area is 148 Å². The fraction of sp³-hybridized carbons (Fsp3) is 0.278. The molecule has 2 rings (SSSR count). The maximum Gasteiger partial charge on any atom is 0.378 e. The summed E-state index contributed by atoms with van der Waals surface area (Å²) in [5, 5.41) is 0. The summed E-state index contributed by atoms with van der Waals surface area (Å²) < 4.78 is 20.3.